The zero-order valence-corrected chi connectivity index (χ0v) is 8.69. The summed E-state index contributed by atoms with van der Waals surface area (Å²) in [5.41, 5.74) is 0. The summed E-state index contributed by atoms with van der Waals surface area (Å²) >= 11 is 0. The van der Waals surface area contributed by atoms with Crippen LogP contribution in [0.15, 0.2) is 0 Å². The van der Waals surface area contributed by atoms with Crippen molar-refractivity contribution in [1.29, 1.82) is 0 Å². The van der Waals surface area contributed by atoms with E-state index in [0.29, 0.717) is 0 Å². The number of hydrogen-bond donors (Lipinski definition) is 3. The molecule has 0 fully saturated rings. The predicted molar refractivity (Wildman–Crippen MR) is 51.4 cm³/mol. The van der Waals surface area contributed by atoms with E-state index in [1.54, 1.807) is 0 Å². The summed E-state index contributed by atoms with van der Waals surface area (Å²) in [4.78, 5) is 32.4. The average Bonchev–Trinajstić information content (AvgIpc) is 2.10. The summed E-state index contributed by atoms with van der Waals surface area (Å²) in [5, 5.41) is 19.8. The van der Waals surface area contributed by atoms with Crippen molar-refractivity contribution in [3.63, 3.8) is 0 Å². The largest absolute Gasteiger partial charge is 0.480 e. The Morgan fingerprint density at radius 3 is 2.00 bits per heavy atom. The maximum absolute atomic E-state index is 11.1. The molecule has 0 rings (SSSR count). The second-order valence-corrected chi connectivity index (χ2v) is 3.31. The van der Waals surface area contributed by atoms with Gasteiger partial charge in [-0.05, 0) is 13.8 Å². The minimum Gasteiger partial charge on any atom is -0.480 e. The molecule has 0 bridgehead atoms. The fraction of sp³-hybridized carbons (Fsp3) is 0.667. The fourth-order valence-electron chi connectivity index (χ4n) is 1.05. The van der Waals surface area contributed by atoms with Gasteiger partial charge < -0.3 is 10.2 Å². The Morgan fingerprint density at radius 1 is 1.20 bits per heavy atom. The predicted octanol–water partition coefficient (Wildman–Crippen LogP) is -1.04. The van der Waals surface area contributed by atoms with E-state index >= 15 is 0 Å². The van der Waals surface area contributed by atoms with Crippen LogP contribution in [0.1, 0.15) is 20.3 Å². The van der Waals surface area contributed by atoms with Crippen molar-refractivity contribution in [2.24, 2.45) is 0 Å². The van der Waals surface area contributed by atoms with Crippen molar-refractivity contribution in [2.75, 3.05) is 6.61 Å². The van der Waals surface area contributed by atoms with E-state index in [1.165, 1.54) is 13.8 Å². The van der Waals surface area contributed by atoms with Crippen molar-refractivity contribution < 1.29 is 24.6 Å². The van der Waals surface area contributed by atoms with Gasteiger partial charge in [0.25, 0.3) is 0 Å². The van der Waals surface area contributed by atoms with Crippen molar-refractivity contribution in [2.45, 2.75) is 32.4 Å². The van der Waals surface area contributed by atoms with Crippen LogP contribution >= 0.6 is 0 Å². The Kier molecular flexibility index (Phi) is 5.73. The Bertz CT molecular complexity index is 263. The van der Waals surface area contributed by atoms with E-state index in [0.717, 1.165) is 0 Å². The molecule has 6 nitrogen and oxygen atoms in total. The van der Waals surface area contributed by atoms with Gasteiger partial charge in [0.05, 0.1) is 12.6 Å². The lowest BCUT2D eigenvalue weighted by Crippen LogP contribution is -2.49. The van der Waals surface area contributed by atoms with Gasteiger partial charge in [-0.1, -0.05) is 0 Å². The molecule has 0 aliphatic carbocycles. The lowest BCUT2D eigenvalue weighted by Gasteiger charge is -2.18. The fourth-order valence-corrected chi connectivity index (χ4v) is 1.05. The zero-order valence-electron chi connectivity index (χ0n) is 8.69. The number of rotatable bonds is 7. The molecular formula is C9H15NO5. The number of nitrogens with one attached hydrogen (secondary N) is 1. The van der Waals surface area contributed by atoms with Gasteiger partial charge in [-0.15, -0.1) is 0 Å². The lowest BCUT2D eigenvalue weighted by molar-refractivity contribution is -0.141. The number of aliphatic hydroxyl groups excluding tert-OH is 1. The van der Waals surface area contributed by atoms with Crippen molar-refractivity contribution in [3.8, 4) is 0 Å². The molecule has 0 radical (unpaired) electrons. The van der Waals surface area contributed by atoms with Crippen LogP contribution in [0.4, 0.5) is 0 Å². The number of carbonyl (C=O) groups excluding carboxylic acids is 2. The molecule has 0 aromatic heterocycles. The number of carboxylic acids is 1. The second-order valence-electron chi connectivity index (χ2n) is 3.31. The molecule has 0 saturated heterocycles. The Hall–Kier alpha value is -1.27. The maximum atomic E-state index is 11.1. The number of aliphatic carboxylic acids is 1. The first-order valence-corrected chi connectivity index (χ1v) is 4.48. The molecular weight excluding hydrogens is 202 g/mol. The van der Waals surface area contributed by atoms with Crippen molar-refractivity contribution >= 4 is 17.5 Å². The first-order valence-electron chi connectivity index (χ1n) is 4.48. The van der Waals surface area contributed by atoms with Gasteiger partial charge in [-0.3, -0.25) is 19.7 Å². The third-order valence-corrected chi connectivity index (χ3v) is 1.87. The SMILES string of the molecule is CC(=O)CC(N[C@@H](CO)C(=O)O)C(C)=O. The first-order chi connectivity index (χ1) is 6.88. The van der Waals surface area contributed by atoms with Crippen LogP contribution in [0.2, 0.25) is 0 Å². The monoisotopic (exact) mass is 217 g/mol. The number of carboxylic acid groups (broad SMARTS) is 1. The number of hydrogen-bond acceptors (Lipinski definition) is 5. The highest BCUT2D eigenvalue weighted by Crippen LogP contribution is 1.98. The highest BCUT2D eigenvalue weighted by Gasteiger charge is 2.24. The minimum absolute atomic E-state index is 0.0703. The van der Waals surface area contributed by atoms with Crippen molar-refractivity contribution in [3.05, 3.63) is 0 Å². The van der Waals surface area contributed by atoms with Gasteiger partial charge in [0.2, 0.25) is 0 Å². The van der Waals surface area contributed by atoms with E-state index in [4.69, 9.17) is 10.2 Å². The lowest BCUT2D eigenvalue weighted by atomic mass is 10.1. The van der Waals surface area contributed by atoms with Crippen LogP contribution in [0, 0.1) is 0 Å². The molecule has 0 aromatic carbocycles. The van der Waals surface area contributed by atoms with E-state index in [-0.39, 0.29) is 18.0 Å². The quantitative estimate of drug-likeness (QED) is 0.503. The summed E-state index contributed by atoms with van der Waals surface area (Å²) in [7, 11) is 0. The standard InChI is InChI=1S/C9H15NO5/c1-5(12)3-7(6(2)13)10-8(4-11)9(14)15/h7-8,10-11H,3-4H2,1-2H3,(H,14,15)/t7?,8-/m0/s1. The van der Waals surface area contributed by atoms with E-state index in [1.807, 2.05) is 0 Å². The molecule has 2 atom stereocenters. The van der Waals surface area contributed by atoms with Crippen LogP contribution in [0.25, 0.3) is 0 Å². The van der Waals surface area contributed by atoms with Crippen molar-refractivity contribution in [1.82, 2.24) is 5.32 Å². The van der Waals surface area contributed by atoms with Gasteiger partial charge >= 0.3 is 5.97 Å². The molecule has 6 heteroatoms. The third kappa shape index (κ3) is 5.24. The number of aliphatic hydroxyl groups is 1. The smallest absolute Gasteiger partial charge is 0.323 e. The molecule has 3 N–H and O–H groups in total. The summed E-state index contributed by atoms with van der Waals surface area (Å²) in [6.45, 7) is 1.94. The summed E-state index contributed by atoms with van der Waals surface area (Å²) in [6, 6.07) is -2.08. The van der Waals surface area contributed by atoms with Crippen LogP contribution in [0.3, 0.4) is 0 Å². The van der Waals surface area contributed by atoms with E-state index in [9.17, 15) is 14.4 Å². The average molecular weight is 217 g/mol. The third-order valence-electron chi connectivity index (χ3n) is 1.87. The molecule has 1 unspecified atom stereocenters. The molecule has 0 heterocycles. The first kappa shape index (κ1) is 13.7. The molecule has 15 heavy (non-hydrogen) atoms. The maximum Gasteiger partial charge on any atom is 0.323 e. The number of Topliss-reactive ketones (excluding diaryl/α,β-unsaturated/α-hetero) is 2. The van der Waals surface area contributed by atoms with Crippen LogP contribution in [-0.4, -0.2) is 46.4 Å². The topological polar surface area (TPSA) is 104 Å². The van der Waals surface area contributed by atoms with Crippen LogP contribution in [-0.2, 0) is 14.4 Å². The van der Waals surface area contributed by atoms with E-state index < -0.39 is 24.7 Å². The number of ketones is 2. The van der Waals surface area contributed by atoms with Crippen LogP contribution < -0.4 is 5.32 Å². The Balaban J connectivity index is 4.45. The molecule has 0 amide bonds. The summed E-state index contributed by atoms with van der Waals surface area (Å²) < 4.78 is 0. The molecule has 0 aliphatic rings. The second kappa shape index (κ2) is 6.26. The molecule has 86 valence electrons. The van der Waals surface area contributed by atoms with E-state index in [2.05, 4.69) is 5.32 Å². The minimum atomic E-state index is -1.26. The highest BCUT2D eigenvalue weighted by atomic mass is 16.4. The Labute approximate surface area is 87.3 Å². The molecule has 0 aliphatic heterocycles. The molecule has 0 saturated carbocycles. The summed E-state index contributed by atoms with van der Waals surface area (Å²) in [6.07, 6.45) is -0.0703. The molecule has 0 aromatic rings. The zero-order chi connectivity index (χ0) is 12.0. The van der Waals surface area contributed by atoms with Gasteiger partial charge in [0.15, 0.2) is 0 Å². The van der Waals surface area contributed by atoms with Gasteiger partial charge in [0, 0.05) is 6.42 Å². The van der Waals surface area contributed by atoms with Gasteiger partial charge in [0.1, 0.15) is 17.6 Å². The van der Waals surface area contributed by atoms with Gasteiger partial charge in [-0.2, -0.15) is 0 Å². The van der Waals surface area contributed by atoms with Gasteiger partial charge in [-0.25, -0.2) is 0 Å². The normalized spacial score (nSPS) is 14.3. The highest BCUT2D eigenvalue weighted by molar-refractivity contribution is 5.88. The van der Waals surface area contributed by atoms with Crippen LogP contribution in [0.5, 0.6) is 0 Å². The number of carbonyl (C=O) groups is 3. The summed E-state index contributed by atoms with van der Waals surface area (Å²) in [5.74, 6) is -1.80. The molecule has 0 spiro atoms. The Morgan fingerprint density at radius 2 is 1.73 bits per heavy atom.